The second kappa shape index (κ2) is 8.62. The van der Waals surface area contributed by atoms with Gasteiger partial charge in [-0.1, -0.05) is 73.8 Å². The monoisotopic (exact) mass is 310 g/mol. The Hall–Kier alpha value is -1.77. The van der Waals surface area contributed by atoms with Gasteiger partial charge in [-0.3, -0.25) is 0 Å². The van der Waals surface area contributed by atoms with E-state index in [1.807, 2.05) is 48.6 Å². The first kappa shape index (κ1) is 16.6. The first-order chi connectivity index (χ1) is 10.7. The zero-order valence-corrected chi connectivity index (χ0v) is 13.5. The van der Waals surface area contributed by atoms with Crippen LogP contribution in [0.2, 0.25) is 0 Å². The number of benzene rings is 2. The minimum atomic E-state index is -1.03. The van der Waals surface area contributed by atoms with Crippen LogP contribution >= 0.6 is 0 Å². The average molecular weight is 310 g/mol. The molecule has 2 rings (SSSR count). The van der Waals surface area contributed by atoms with Gasteiger partial charge in [-0.05, 0) is 34.5 Å². The lowest BCUT2D eigenvalue weighted by Gasteiger charge is -2.25. The highest BCUT2D eigenvalue weighted by molar-refractivity contribution is 7.93. The lowest BCUT2D eigenvalue weighted by atomic mass is 10.1. The summed E-state index contributed by atoms with van der Waals surface area (Å²) >= 11 is -1.03. The van der Waals surface area contributed by atoms with Gasteiger partial charge in [0, 0.05) is 12.8 Å². The van der Waals surface area contributed by atoms with Crippen LogP contribution in [0.25, 0.3) is 0 Å². The van der Waals surface area contributed by atoms with Gasteiger partial charge in [0.1, 0.15) is 10.5 Å². The molecule has 0 aliphatic heterocycles. The minimum absolute atomic E-state index is 0.0610. The number of rotatable bonds is 8. The third-order valence-corrected chi connectivity index (χ3v) is 5.59. The summed E-state index contributed by atoms with van der Waals surface area (Å²) in [7, 11) is 0. The van der Waals surface area contributed by atoms with E-state index in [9.17, 15) is 4.55 Å². The Bertz CT molecular complexity index is 526. The normalized spacial score (nSPS) is 14.8. The highest BCUT2D eigenvalue weighted by Gasteiger charge is 2.27. The number of hydrogen-bond donors (Lipinski definition) is 0. The molecule has 2 aromatic rings. The van der Waals surface area contributed by atoms with Crippen LogP contribution in [0.3, 0.4) is 0 Å². The fourth-order valence-corrected chi connectivity index (χ4v) is 3.98. The molecule has 0 radical (unpaired) electrons. The van der Waals surface area contributed by atoms with Crippen molar-refractivity contribution in [2.24, 2.45) is 0 Å². The van der Waals surface area contributed by atoms with Gasteiger partial charge in [-0.2, -0.15) is 0 Å². The van der Waals surface area contributed by atoms with Crippen molar-refractivity contribution in [2.75, 3.05) is 0 Å². The lowest BCUT2D eigenvalue weighted by molar-refractivity contribution is 0.578. The Morgan fingerprint density at radius 2 is 1.14 bits per heavy atom. The Morgan fingerprint density at radius 3 is 1.45 bits per heavy atom. The first-order valence-corrected chi connectivity index (χ1v) is 8.74. The van der Waals surface area contributed by atoms with E-state index < -0.39 is 11.2 Å². The lowest BCUT2D eigenvalue weighted by Crippen LogP contribution is -2.32. The molecule has 0 amide bonds. The Morgan fingerprint density at radius 1 is 0.773 bits per heavy atom. The Balaban J connectivity index is 2.06. The van der Waals surface area contributed by atoms with E-state index in [0.29, 0.717) is 0 Å². The summed E-state index contributed by atoms with van der Waals surface area (Å²) < 4.78 is 12.9. The summed E-state index contributed by atoms with van der Waals surface area (Å²) in [5.74, 6) is 0. The van der Waals surface area contributed by atoms with Crippen LogP contribution in [0.5, 0.6) is 0 Å². The molecule has 0 heterocycles. The van der Waals surface area contributed by atoms with Crippen molar-refractivity contribution in [1.29, 1.82) is 0 Å². The summed E-state index contributed by atoms with van der Waals surface area (Å²) in [6, 6.07) is 20.3. The fraction of sp³-hybridized carbons (Fsp3) is 0.200. The van der Waals surface area contributed by atoms with E-state index in [0.717, 1.165) is 12.8 Å². The standard InChI is InChI=1S/C20H22OS/c1-3-19(15-17-11-7-5-8-12-17)22(21)20(4-2)16-18-13-9-6-10-14-18/h3-14,19-20H,1-2,15-16H2. The molecule has 0 spiro atoms. The van der Waals surface area contributed by atoms with Gasteiger partial charge >= 0.3 is 0 Å². The molecule has 0 aliphatic carbocycles. The summed E-state index contributed by atoms with van der Waals surface area (Å²) in [5, 5.41) is -0.122. The van der Waals surface area contributed by atoms with Crippen molar-refractivity contribution in [3.05, 3.63) is 97.1 Å². The smallest absolute Gasteiger partial charge is 0.138 e. The Kier molecular flexibility index (Phi) is 6.50. The molecule has 0 saturated heterocycles. The van der Waals surface area contributed by atoms with E-state index in [-0.39, 0.29) is 10.5 Å². The van der Waals surface area contributed by atoms with Gasteiger partial charge in [0.2, 0.25) is 0 Å². The summed E-state index contributed by atoms with van der Waals surface area (Å²) in [4.78, 5) is 0. The van der Waals surface area contributed by atoms with Crippen LogP contribution in [-0.2, 0) is 24.0 Å². The number of hydrogen-bond acceptors (Lipinski definition) is 1. The van der Waals surface area contributed by atoms with Crippen molar-refractivity contribution >= 4 is 11.2 Å². The molecule has 0 bridgehead atoms. The van der Waals surface area contributed by atoms with E-state index >= 15 is 0 Å². The van der Waals surface area contributed by atoms with Crippen LogP contribution in [-0.4, -0.2) is 15.1 Å². The zero-order chi connectivity index (χ0) is 15.8. The van der Waals surface area contributed by atoms with E-state index in [2.05, 4.69) is 37.4 Å². The van der Waals surface area contributed by atoms with E-state index in [4.69, 9.17) is 0 Å². The summed E-state index contributed by atoms with van der Waals surface area (Å²) in [5.41, 5.74) is 2.37. The Labute approximate surface area is 136 Å². The quantitative estimate of drug-likeness (QED) is 0.526. The van der Waals surface area contributed by atoms with Crippen LogP contribution in [0.15, 0.2) is 86.0 Å². The molecule has 0 fully saturated rings. The van der Waals surface area contributed by atoms with Gasteiger partial charge in [0.25, 0.3) is 0 Å². The maximum atomic E-state index is 12.9. The highest BCUT2D eigenvalue weighted by atomic mass is 32.2. The van der Waals surface area contributed by atoms with Crippen LogP contribution in [0.4, 0.5) is 0 Å². The van der Waals surface area contributed by atoms with Crippen LogP contribution in [0.1, 0.15) is 11.1 Å². The van der Waals surface area contributed by atoms with Gasteiger partial charge in [0.05, 0.1) is 0 Å². The molecular weight excluding hydrogens is 288 g/mol. The van der Waals surface area contributed by atoms with Crippen LogP contribution < -0.4 is 0 Å². The minimum Gasteiger partial charge on any atom is -0.615 e. The molecule has 2 atom stereocenters. The first-order valence-electron chi connectivity index (χ1n) is 7.47. The molecular formula is C20H22OS. The van der Waals surface area contributed by atoms with Gasteiger partial charge < -0.3 is 4.55 Å². The topological polar surface area (TPSA) is 23.1 Å². The van der Waals surface area contributed by atoms with E-state index in [1.165, 1.54) is 11.1 Å². The molecule has 0 aliphatic rings. The summed E-state index contributed by atoms with van der Waals surface area (Å²) in [6.45, 7) is 7.75. The van der Waals surface area contributed by atoms with Gasteiger partial charge in [0.15, 0.2) is 0 Å². The van der Waals surface area contributed by atoms with Gasteiger partial charge in [-0.15, -0.1) is 0 Å². The zero-order valence-electron chi connectivity index (χ0n) is 12.7. The van der Waals surface area contributed by atoms with Crippen LogP contribution in [0, 0.1) is 0 Å². The molecule has 0 N–H and O–H groups in total. The van der Waals surface area contributed by atoms with Crippen molar-refractivity contribution in [3.8, 4) is 0 Å². The molecule has 0 saturated carbocycles. The van der Waals surface area contributed by atoms with Crippen molar-refractivity contribution in [3.63, 3.8) is 0 Å². The third kappa shape index (κ3) is 4.62. The molecule has 0 aromatic heterocycles. The van der Waals surface area contributed by atoms with Crippen molar-refractivity contribution in [1.82, 2.24) is 0 Å². The maximum absolute atomic E-state index is 12.9. The molecule has 1 nitrogen and oxygen atoms in total. The second-order valence-corrected chi connectivity index (χ2v) is 7.12. The van der Waals surface area contributed by atoms with E-state index in [1.54, 1.807) is 0 Å². The SMILES string of the molecule is C=CC(Cc1ccccc1)[S+]([O-])C(C=C)Cc1ccccc1. The van der Waals surface area contributed by atoms with Gasteiger partial charge in [-0.25, -0.2) is 0 Å². The predicted octanol–water partition coefficient (Wildman–Crippen LogP) is 4.33. The third-order valence-electron chi connectivity index (χ3n) is 3.68. The second-order valence-electron chi connectivity index (χ2n) is 5.26. The van der Waals surface area contributed by atoms with Crippen molar-refractivity contribution < 1.29 is 4.55 Å². The van der Waals surface area contributed by atoms with Crippen molar-refractivity contribution in [2.45, 2.75) is 23.3 Å². The summed E-state index contributed by atoms with van der Waals surface area (Å²) in [6.07, 6.45) is 5.11. The molecule has 2 aromatic carbocycles. The maximum Gasteiger partial charge on any atom is 0.138 e. The molecule has 2 heteroatoms. The average Bonchev–Trinajstić information content (AvgIpc) is 2.59. The predicted molar refractivity (Wildman–Crippen MR) is 96.4 cm³/mol. The molecule has 22 heavy (non-hydrogen) atoms. The largest absolute Gasteiger partial charge is 0.615 e. The molecule has 114 valence electrons. The highest BCUT2D eigenvalue weighted by Crippen LogP contribution is 2.20. The fourth-order valence-electron chi connectivity index (χ4n) is 2.44. The molecule has 2 unspecified atom stereocenters.